The van der Waals surface area contributed by atoms with Crippen LogP contribution in [0.1, 0.15) is 49.9 Å². The van der Waals surface area contributed by atoms with E-state index < -0.39 is 17.5 Å². The molecule has 0 spiro atoms. The number of nitrogens with two attached hydrogens (primary N) is 1. The summed E-state index contributed by atoms with van der Waals surface area (Å²) in [5.41, 5.74) is 5.75. The third kappa shape index (κ3) is 2.52. The third-order valence-corrected chi connectivity index (χ3v) is 5.36. The minimum absolute atomic E-state index is 0.139. The van der Waals surface area contributed by atoms with E-state index in [9.17, 15) is 13.2 Å². The quantitative estimate of drug-likeness (QED) is 0.924. The van der Waals surface area contributed by atoms with Crippen LogP contribution < -0.4 is 5.73 Å². The summed E-state index contributed by atoms with van der Waals surface area (Å²) in [7, 11) is 0. The van der Waals surface area contributed by atoms with E-state index in [0.29, 0.717) is 10.9 Å². The summed E-state index contributed by atoms with van der Waals surface area (Å²) in [6.07, 6.45) is 0.0122. The highest BCUT2D eigenvalue weighted by atomic mass is 32.1. The molecule has 0 saturated heterocycles. The summed E-state index contributed by atoms with van der Waals surface area (Å²) in [5, 5.41) is 11.3. The smallest absolute Gasteiger partial charge is 0.319 e. The number of halogens is 3. The van der Waals surface area contributed by atoms with Gasteiger partial charge in [0.2, 0.25) is 4.96 Å². The van der Waals surface area contributed by atoms with Gasteiger partial charge in [0.25, 0.3) is 5.82 Å². The highest BCUT2D eigenvalue weighted by Crippen LogP contribution is 2.40. The van der Waals surface area contributed by atoms with Gasteiger partial charge in [0.15, 0.2) is 0 Å². The van der Waals surface area contributed by atoms with E-state index in [-0.39, 0.29) is 4.96 Å². The maximum Gasteiger partial charge on any atom is 0.453 e. The minimum atomic E-state index is -4.56. The van der Waals surface area contributed by atoms with Crippen molar-refractivity contribution >= 4 is 16.3 Å². The lowest BCUT2D eigenvalue weighted by Gasteiger charge is -2.34. The summed E-state index contributed by atoms with van der Waals surface area (Å²) in [4.78, 5) is 0.139. The van der Waals surface area contributed by atoms with Gasteiger partial charge < -0.3 is 5.73 Å². The lowest BCUT2D eigenvalue weighted by molar-refractivity contribution is -0.146. The molecule has 0 aromatic carbocycles. The second-order valence-corrected chi connectivity index (χ2v) is 6.59. The molecule has 1 aliphatic rings. The molecule has 0 bridgehead atoms. The molecule has 0 amide bonds. The maximum atomic E-state index is 12.8. The molecule has 0 atom stereocenters. The Morgan fingerprint density at radius 1 is 1.33 bits per heavy atom. The van der Waals surface area contributed by atoms with E-state index in [1.807, 2.05) is 0 Å². The van der Waals surface area contributed by atoms with Crippen LogP contribution in [0.15, 0.2) is 0 Å². The van der Waals surface area contributed by atoms with Gasteiger partial charge in [-0.2, -0.15) is 22.8 Å². The van der Waals surface area contributed by atoms with Crippen molar-refractivity contribution in [1.29, 1.82) is 0 Å². The standard InChI is InChI=1S/C12H16F3N5S/c1-2-7-3-5-11(16,6-4-7)9-19-20-8(12(13,14)15)17-18-10(20)21-9/h7H,2-6,16H2,1H3. The van der Waals surface area contributed by atoms with Gasteiger partial charge in [0, 0.05) is 0 Å². The molecule has 5 nitrogen and oxygen atoms in total. The molecular weight excluding hydrogens is 303 g/mol. The van der Waals surface area contributed by atoms with Crippen LogP contribution in [0.4, 0.5) is 13.2 Å². The van der Waals surface area contributed by atoms with E-state index in [2.05, 4.69) is 22.2 Å². The van der Waals surface area contributed by atoms with Gasteiger partial charge >= 0.3 is 6.18 Å². The predicted octanol–water partition coefficient (Wildman–Crippen LogP) is 2.96. The first-order valence-corrected chi connectivity index (χ1v) is 7.74. The van der Waals surface area contributed by atoms with E-state index in [0.717, 1.165) is 48.0 Å². The molecule has 1 fully saturated rings. The fourth-order valence-corrected chi connectivity index (χ4v) is 3.81. The number of alkyl halides is 3. The van der Waals surface area contributed by atoms with Crippen molar-refractivity contribution in [3.63, 3.8) is 0 Å². The topological polar surface area (TPSA) is 69.1 Å². The van der Waals surface area contributed by atoms with Gasteiger partial charge in [-0.1, -0.05) is 24.7 Å². The molecule has 1 aliphatic carbocycles. The SMILES string of the molecule is CCC1CCC(N)(c2nn3c(C(F)(F)F)nnc3s2)CC1. The van der Waals surface area contributed by atoms with E-state index in [4.69, 9.17) is 5.73 Å². The zero-order valence-corrected chi connectivity index (χ0v) is 12.3. The number of aromatic nitrogens is 4. The number of fused-ring (bicyclic) bond motifs is 1. The molecule has 116 valence electrons. The Labute approximate surface area is 123 Å². The Bertz CT molecular complexity index is 639. The second-order valence-electron chi connectivity index (χ2n) is 5.63. The summed E-state index contributed by atoms with van der Waals surface area (Å²) in [5.74, 6) is -0.441. The minimum Gasteiger partial charge on any atom is -0.319 e. The van der Waals surface area contributed by atoms with Crippen molar-refractivity contribution in [2.45, 2.75) is 50.7 Å². The molecule has 3 rings (SSSR count). The van der Waals surface area contributed by atoms with Gasteiger partial charge in [-0.25, -0.2) is 0 Å². The molecule has 2 aromatic rings. The van der Waals surface area contributed by atoms with Crippen molar-refractivity contribution in [1.82, 2.24) is 19.8 Å². The fraction of sp³-hybridized carbons (Fsp3) is 0.750. The van der Waals surface area contributed by atoms with Crippen molar-refractivity contribution in [3.8, 4) is 0 Å². The van der Waals surface area contributed by atoms with Gasteiger partial charge in [-0.05, 0) is 31.6 Å². The first kappa shape index (κ1) is 14.7. The number of hydrogen-bond donors (Lipinski definition) is 1. The van der Waals surface area contributed by atoms with Crippen molar-refractivity contribution in [2.24, 2.45) is 11.7 Å². The van der Waals surface area contributed by atoms with Crippen LogP contribution in [0, 0.1) is 5.92 Å². The van der Waals surface area contributed by atoms with Crippen LogP contribution in [-0.4, -0.2) is 19.8 Å². The van der Waals surface area contributed by atoms with Crippen LogP contribution in [0.3, 0.4) is 0 Å². The Morgan fingerprint density at radius 3 is 2.57 bits per heavy atom. The Morgan fingerprint density at radius 2 is 2.00 bits per heavy atom. The lowest BCUT2D eigenvalue weighted by atomic mass is 9.76. The number of hydrogen-bond acceptors (Lipinski definition) is 5. The molecular formula is C12H16F3N5S. The van der Waals surface area contributed by atoms with Crippen LogP contribution in [0.2, 0.25) is 0 Å². The van der Waals surface area contributed by atoms with Crippen molar-refractivity contribution in [3.05, 3.63) is 10.8 Å². The van der Waals surface area contributed by atoms with Crippen molar-refractivity contribution in [2.75, 3.05) is 0 Å². The average Bonchev–Trinajstić information content (AvgIpc) is 2.98. The third-order valence-electron chi connectivity index (χ3n) is 4.25. The van der Waals surface area contributed by atoms with E-state index in [1.54, 1.807) is 0 Å². The Balaban J connectivity index is 1.93. The number of rotatable bonds is 2. The Hall–Kier alpha value is -1.22. The maximum absolute atomic E-state index is 12.8. The molecule has 9 heteroatoms. The van der Waals surface area contributed by atoms with Crippen LogP contribution in [0.25, 0.3) is 4.96 Å². The lowest BCUT2D eigenvalue weighted by Crippen LogP contribution is -2.40. The van der Waals surface area contributed by atoms with Crippen molar-refractivity contribution < 1.29 is 13.2 Å². The molecule has 2 aromatic heterocycles. The van der Waals surface area contributed by atoms with E-state index in [1.165, 1.54) is 0 Å². The summed E-state index contributed by atoms with van der Waals surface area (Å²) >= 11 is 1.10. The first-order chi connectivity index (χ1) is 9.83. The van der Waals surface area contributed by atoms with Gasteiger partial charge in [0.1, 0.15) is 5.01 Å². The van der Waals surface area contributed by atoms with Gasteiger partial charge in [-0.3, -0.25) is 0 Å². The predicted molar refractivity (Wildman–Crippen MR) is 71.8 cm³/mol. The molecule has 1 saturated carbocycles. The zero-order chi connectivity index (χ0) is 15.3. The first-order valence-electron chi connectivity index (χ1n) is 6.92. The van der Waals surface area contributed by atoms with Crippen LogP contribution in [-0.2, 0) is 11.7 Å². The highest BCUT2D eigenvalue weighted by Gasteiger charge is 2.41. The molecule has 21 heavy (non-hydrogen) atoms. The second kappa shape index (κ2) is 4.91. The average molecular weight is 319 g/mol. The largest absolute Gasteiger partial charge is 0.453 e. The molecule has 0 radical (unpaired) electrons. The summed E-state index contributed by atoms with van der Waals surface area (Å²) in [6.45, 7) is 2.15. The summed E-state index contributed by atoms with van der Waals surface area (Å²) < 4.78 is 39.2. The van der Waals surface area contributed by atoms with Crippen LogP contribution in [0.5, 0.6) is 0 Å². The number of nitrogens with zero attached hydrogens (tertiary/aromatic N) is 4. The zero-order valence-electron chi connectivity index (χ0n) is 11.5. The summed E-state index contributed by atoms with van der Waals surface area (Å²) in [6, 6.07) is 0. The van der Waals surface area contributed by atoms with Gasteiger partial charge in [-0.15, -0.1) is 10.2 Å². The molecule has 0 unspecified atom stereocenters. The van der Waals surface area contributed by atoms with Crippen LogP contribution >= 0.6 is 11.3 Å². The molecule has 2 heterocycles. The molecule has 2 N–H and O–H groups in total. The highest BCUT2D eigenvalue weighted by molar-refractivity contribution is 7.16. The Kier molecular flexibility index (Phi) is 3.44. The van der Waals surface area contributed by atoms with Gasteiger partial charge in [0.05, 0.1) is 5.54 Å². The molecule has 0 aliphatic heterocycles. The monoisotopic (exact) mass is 319 g/mol. The van der Waals surface area contributed by atoms with E-state index >= 15 is 0 Å². The fourth-order valence-electron chi connectivity index (χ4n) is 2.81. The normalized spacial score (nSPS) is 27.4.